The van der Waals surface area contributed by atoms with E-state index in [-0.39, 0.29) is 29.7 Å². The minimum Gasteiger partial charge on any atom is -0.410 e. The normalized spacial score (nSPS) is 18.8. The van der Waals surface area contributed by atoms with Crippen molar-refractivity contribution in [2.45, 2.75) is 96.7 Å². The Balaban J connectivity index is 1.73. The predicted molar refractivity (Wildman–Crippen MR) is 153 cm³/mol. The largest absolute Gasteiger partial charge is 0.410 e. The van der Waals surface area contributed by atoms with Gasteiger partial charge in [0.2, 0.25) is 0 Å². The van der Waals surface area contributed by atoms with Crippen LogP contribution in [0.25, 0.3) is 0 Å². The van der Waals surface area contributed by atoms with Gasteiger partial charge in [0.25, 0.3) is 0 Å². The molecule has 1 aliphatic rings. The van der Waals surface area contributed by atoms with Crippen molar-refractivity contribution in [3.05, 3.63) is 70.5 Å². The first-order valence-corrected chi connectivity index (χ1v) is 16.8. The van der Waals surface area contributed by atoms with Gasteiger partial charge in [-0.05, 0) is 92.5 Å². The molecular formula is C31H48FNO3Si. The molecule has 6 heteroatoms. The number of nitrogens with zero attached hydrogens (tertiary/aromatic N) is 1. The van der Waals surface area contributed by atoms with E-state index in [1.54, 1.807) is 6.07 Å². The lowest BCUT2D eigenvalue weighted by Gasteiger charge is -2.41. The molecule has 2 aromatic rings. The number of ether oxygens (including phenoxy) is 1. The smallest absolute Gasteiger partial charge is 0.192 e. The molecule has 0 aliphatic carbocycles. The van der Waals surface area contributed by atoms with Crippen molar-refractivity contribution in [1.29, 1.82) is 0 Å². The first-order chi connectivity index (χ1) is 17.4. The summed E-state index contributed by atoms with van der Waals surface area (Å²) in [5.74, 6) is -0.120. The molecule has 1 saturated heterocycles. The Morgan fingerprint density at radius 2 is 1.89 bits per heavy atom. The number of aliphatic hydroxyl groups is 1. The van der Waals surface area contributed by atoms with Gasteiger partial charge in [-0.25, -0.2) is 4.39 Å². The van der Waals surface area contributed by atoms with Gasteiger partial charge < -0.3 is 14.3 Å². The van der Waals surface area contributed by atoms with Gasteiger partial charge in [0.05, 0.1) is 18.8 Å². The molecule has 1 heterocycles. The molecule has 3 rings (SSSR count). The second kappa shape index (κ2) is 13.0. The van der Waals surface area contributed by atoms with Crippen LogP contribution in [0.1, 0.15) is 68.9 Å². The zero-order chi connectivity index (χ0) is 27.2. The fraction of sp³-hybridized carbons (Fsp3) is 0.613. The Morgan fingerprint density at radius 1 is 1.16 bits per heavy atom. The van der Waals surface area contributed by atoms with E-state index >= 15 is 0 Å². The first-order valence-electron chi connectivity index (χ1n) is 13.9. The average Bonchev–Trinajstić information content (AvgIpc) is 3.25. The van der Waals surface area contributed by atoms with Crippen molar-refractivity contribution in [2.24, 2.45) is 0 Å². The highest BCUT2D eigenvalue weighted by atomic mass is 28.4. The van der Waals surface area contributed by atoms with E-state index < -0.39 is 8.32 Å². The molecule has 2 aromatic carbocycles. The summed E-state index contributed by atoms with van der Waals surface area (Å²) in [6.07, 6.45) is 3.63. The molecule has 4 nitrogen and oxygen atoms in total. The maximum atomic E-state index is 14.2. The number of hydrogen-bond donors (Lipinski definition) is 1. The summed E-state index contributed by atoms with van der Waals surface area (Å²) in [4.78, 5) is 2.53. The minimum absolute atomic E-state index is 0.0382. The van der Waals surface area contributed by atoms with Crippen LogP contribution in [0.2, 0.25) is 18.1 Å². The lowest BCUT2D eigenvalue weighted by Crippen LogP contribution is -2.49. The Kier molecular flexibility index (Phi) is 10.5. The number of likely N-dealkylation sites (tertiary alicyclic amines) is 1. The quantitative estimate of drug-likeness (QED) is 0.306. The van der Waals surface area contributed by atoms with Gasteiger partial charge in [-0.3, -0.25) is 4.90 Å². The van der Waals surface area contributed by atoms with Gasteiger partial charge >= 0.3 is 0 Å². The number of rotatable bonds is 12. The minimum atomic E-state index is -2.01. The number of hydrogen-bond acceptors (Lipinski definition) is 4. The van der Waals surface area contributed by atoms with Gasteiger partial charge in [-0.1, -0.05) is 57.2 Å². The average molecular weight is 530 g/mol. The molecule has 0 radical (unpaired) electrons. The van der Waals surface area contributed by atoms with E-state index in [0.717, 1.165) is 49.0 Å². The molecule has 1 N–H and O–H groups in total. The van der Waals surface area contributed by atoms with Crippen molar-refractivity contribution in [3.63, 3.8) is 0 Å². The van der Waals surface area contributed by atoms with Crippen LogP contribution in [0.5, 0.6) is 0 Å². The lowest BCUT2D eigenvalue weighted by atomic mass is 10.0. The third-order valence-corrected chi connectivity index (χ3v) is 12.9. The maximum Gasteiger partial charge on any atom is 0.192 e. The predicted octanol–water partition coefficient (Wildman–Crippen LogP) is 6.84. The zero-order valence-corrected chi connectivity index (χ0v) is 25.0. The Bertz CT molecular complexity index is 1010. The number of aliphatic hydroxyl groups excluding tert-OH is 1. The van der Waals surface area contributed by atoms with Gasteiger partial charge in [0.15, 0.2) is 8.32 Å². The fourth-order valence-electron chi connectivity index (χ4n) is 5.00. The van der Waals surface area contributed by atoms with Crippen LogP contribution in [0, 0.1) is 12.7 Å². The molecule has 0 bridgehead atoms. The van der Waals surface area contributed by atoms with Crippen LogP contribution in [-0.2, 0) is 22.0 Å². The van der Waals surface area contributed by atoms with Crippen LogP contribution >= 0.6 is 0 Å². The molecule has 206 valence electrons. The van der Waals surface area contributed by atoms with Gasteiger partial charge in [0, 0.05) is 19.2 Å². The lowest BCUT2D eigenvalue weighted by molar-refractivity contribution is -0.0121. The Morgan fingerprint density at radius 3 is 2.57 bits per heavy atom. The standard InChI is InChI=1S/C31H48FNO3Si/c1-23-14-15-25(20-30(23)32)19-27-12-10-17-33(27)21-28(36-37(6,7)31(3,4)5)22-35-24(2)29-13-9-8-11-26(29)16-18-34/h8-9,11,13-15,20,24,27-28,34H,10,12,16-19,21-22H2,1-7H3/t24-,27+,28-/m1/s1. The summed E-state index contributed by atoms with van der Waals surface area (Å²) in [7, 11) is -2.01. The molecule has 37 heavy (non-hydrogen) atoms. The van der Waals surface area contributed by atoms with Crippen LogP contribution in [0.4, 0.5) is 4.39 Å². The van der Waals surface area contributed by atoms with E-state index in [9.17, 15) is 9.50 Å². The summed E-state index contributed by atoms with van der Waals surface area (Å²) in [6.45, 7) is 17.8. The van der Waals surface area contributed by atoms with E-state index in [4.69, 9.17) is 9.16 Å². The fourth-order valence-corrected chi connectivity index (χ4v) is 6.33. The molecule has 3 atom stereocenters. The van der Waals surface area contributed by atoms with E-state index in [1.807, 2.05) is 25.1 Å². The third kappa shape index (κ3) is 8.20. The second-order valence-electron chi connectivity index (χ2n) is 12.2. The molecule has 0 spiro atoms. The van der Waals surface area contributed by atoms with Crippen molar-refractivity contribution >= 4 is 8.32 Å². The molecule has 1 aliphatic heterocycles. The number of aryl methyl sites for hydroxylation is 1. The van der Waals surface area contributed by atoms with Crippen LogP contribution < -0.4 is 0 Å². The maximum absolute atomic E-state index is 14.2. The molecular weight excluding hydrogens is 481 g/mol. The van der Waals surface area contributed by atoms with Crippen molar-refractivity contribution in [3.8, 4) is 0 Å². The zero-order valence-electron chi connectivity index (χ0n) is 24.0. The van der Waals surface area contributed by atoms with Gasteiger partial charge in [0.1, 0.15) is 5.82 Å². The van der Waals surface area contributed by atoms with Gasteiger partial charge in [-0.15, -0.1) is 0 Å². The highest BCUT2D eigenvalue weighted by Crippen LogP contribution is 2.38. The molecule has 0 saturated carbocycles. The molecule has 0 aromatic heterocycles. The van der Waals surface area contributed by atoms with Crippen LogP contribution in [0.3, 0.4) is 0 Å². The van der Waals surface area contributed by atoms with E-state index in [2.05, 4.69) is 63.9 Å². The highest BCUT2D eigenvalue weighted by molar-refractivity contribution is 6.74. The van der Waals surface area contributed by atoms with Crippen molar-refractivity contribution in [2.75, 3.05) is 26.3 Å². The number of benzene rings is 2. The van der Waals surface area contributed by atoms with Crippen LogP contribution in [0.15, 0.2) is 42.5 Å². The summed E-state index contributed by atoms with van der Waals surface area (Å²) >= 11 is 0. The van der Waals surface area contributed by atoms with E-state index in [1.165, 1.54) is 0 Å². The van der Waals surface area contributed by atoms with E-state index in [0.29, 0.717) is 24.6 Å². The summed E-state index contributed by atoms with van der Waals surface area (Å²) in [6, 6.07) is 14.2. The van der Waals surface area contributed by atoms with Crippen molar-refractivity contribution in [1.82, 2.24) is 4.90 Å². The van der Waals surface area contributed by atoms with Gasteiger partial charge in [-0.2, -0.15) is 0 Å². The number of halogens is 1. The molecule has 1 fully saturated rings. The SMILES string of the molecule is Cc1ccc(C[C@@H]2CCCN2C[C@H](CO[C@H](C)c2ccccc2CCO)O[Si](C)(C)C(C)(C)C)cc1F. The van der Waals surface area contributed by atoms with Crippen LogP contribution in [-0.4, -0.2) is 56.8 Å². The monoisotopic (exact) mass is 529 g/mol. The first kappa shape index (κ1) is 30.0. The highest BCUT2D eigenvalue weighted by Gasteiger charge is 2.40. The summed E-state index contributed by atoms with van der Waals surface area (Å²) < 4.78 is 27.6. The molecule has 0 unspecified atom stereocenters. The molecule has 0 amide bonds. The summed E-state index contributed by atoms with van der Waals surface area (Å²) in [5.41, 5.74) is 4.02. The summed E-state index contributed by atoms with van der Waals surface area (Å²) in [5, 5.41) is 9.59. The topological polar surface area (TPSA) is 41.9 Å². The Hall–Kier alpha value is -1.57. The third-order valence-electron chi connectivity index (χ3n) is 8.32. The van der Waals surface area contributed by atoms with Crippen molar-refractivity contribution < 1.29 is 18.7 Å². The Labute approximate surface area is 225 Å². The second-order valence-corrected chi connectivity index (χ2v) is 17.0.